The van der Waals surface area contributed by atoms with E-state index in [1.54, 1.807) is 0 Å². The van der Waals surface area contributed by atoms with Gasteiger partial charge in [0.15, 0.2) is 0 Å². The van der Waals surface area contributed by atoms with Crippen LogP contribution in [0.1, 0.15) is 48.6 Å². The van der Waals surface area contributed by atoms with Gasteiger partial charge in [0, 0.05) is 12.5 Å². The van der Waals surface area contributed by atoms with Crippen LogP contribution in [0.4, 0.5) is 0 Å². The third-order valence-electron chi connectivity index (χ3n) is 4.85. The van der Waals surface area contributed by atoms with E-state index in [-0.39, 0.29) is 0 Å². The Kier molecular flexibility index (Phi) is 2.12. The Morgan fingerprint density at radius 3 is 2.89 bits per heavy atom. The van der Waals surface area contributed by atoms with E-state index in [0.717, 1.165) is 18.4 Å². The molecule has 0 saturated heterocycles. The van der Waals surface area contributed by atoms with Crippen LogP contribution < -0.4 is 0 Å². The molecule has 2 unspecified atom stereocenters. The van der Waals surface area contributed by atoms with Gasteiger partial charge in [-0.25, -0.2) is 4.98 Å². The van der Waals surface area contributed by atoms with Crippen LogP contribution in [-0.2, 0) is 6.54 Å². The van der Waals surface area contributed by atoms with Gasteiger partial charge in [-0.3, -0.25) is 0 Å². The third kappa shape index (κ3) is 1.44. The summed E-state index contributed by atoms with van der Waals surface area (Å²) in [5.41, 5.74) is 5.32. The Bertz CT molecular complexity index is 624. The molecule has 1 aliphatic carbocycles. The zero-order valence-corrected chi connectivity index (χ0v) is 11.2. The van der Waals surface area contributed by atoms with Gasteiger partial charge < -0.3 is 4.57 Å². The summed E-state index contributed by atoms with van der Waals surface area (Å²) in [6, 6.07) is 4.60. The van der Waals surface area contributed by atoms with Crippen molar-refractivity contribution in [2.45, 2.75) is 52.0 Å². The zero-order chi connectivity index (χ0) is 12.3. The molecule has 0 N–H and O–H groups in total. The minimum Gasteiger partial charge on any atom is -0.328 e. The van der Waals surface area contributed by atoms with Crippen LogP contribution >= 0.6 is 0 Å². The molecular weight excluding hydrogens is 220 g/mol. The van der Waals surface area contributed by atoms with Gasteiger partial charge in [-0.1, -0.05) is 6.42 Å². The highest BCUT2D eigenvalue weighted by molar-refractivity contribution is 5.78. The maximum absolute atomic E-state index is 4.94. The molecule has 4 rings (SSSR count). The first kappa shape index (κ1) is 10.6. The molecule has 2 heteroatoms. The predicted molar refractivity (Wildman–Crippen MR) is 73.9 cm³/mol. The van der Waals surface area contributed by atoms with E-state index in [1.807, 2.05) is 0 Å². The second kappa shape index (κ2) is 3.59. The highest BCUT2D eigenvalue weighted by atomic mass is 15.1. The largest absolute Gasteiger partial charge is 0.328 e. The lowest BCUT2D eigenvalue weighted by Crippen LogP contribution is -2.06. The normalized spacial score (nSPS) is 26.3. The van der Waals surface area contributed by atoms with Crippen LogP contribution in [0, 0.1) is 19.8 Å². The highest BCUT2D eigenvalue weighted by Crippen LogP contribution is 2.51. The van der Waals surface area contributed by atoms with Crippen LogP contribution in [0.2, 0.25) is 0 Å². The zero-order valence-electron chi connectivity index (χ0n) is 11.2. The number of hydrogen-bond donors (Lipinski definition) is 0. The van der Waals surface area contributed by atoms with Gasteiger partial charge in [-0.05, 0) is 62.3 Å². The molecule has 18 heavy (non-hydrogen) atoms. The molecule has 2 heterocycles. The fraction of sp³-hybridized carbons (Fsp3) is 0.562. The van der Waals surface area contributed by atoms with Crippen LogP contribution in [0.5, 0.6) is 0 Å². The van der Waals surface area contributed by atoms with Gasteiger partial charge in [0.1, 0.15) is 5.82 Å². The van der Waals surface area contributed by atoms with Crippen LogP contribution in [0.25, 0.3) is 11.0 Å². The number of aryl methyl sites for hydroxylation is 3. The van der Waals surface area contributed by atoms with Crippen LogP contribution in [-0.4, -0.2) is 9.55 Å². The van der Waals surface area contributed by atoms with Crippen molar-refractivity contribution in [3.8, 4) is 0 Å². The Labute approximate surface area is 108 Å². The highest BCUT2D eigenvalue weighted by Gasteiger charge is 2.41. The topological polar surface area (TPSA) is 17.8 Å². The van der Waals surface area contributed by atoms with E-state index in [2.05, 4.69) is 30.5 Å². The van der Waals surface area contributed by atoms with Gasteiger partial charge in [0.2, 0.25) is 0 Å². The molecule has 2 aromatic rings. The molecule has 1 aliphatic heterocycles. The molecule has 2 atom stereocenters. The van der Waals surface area contributed by atoms with Gasteiger partial charge in [-0.15, -0.1) is 0 Å². The van der Waals surface area contributed by atoms with E-state index >= 15 is 0 Å². The maximum Gasteiger partial charge on any atom is 0.113 e. The first-order chi connectivity index (χ1) is 8.74. The van der Waals surface area contributed by atoms with Crippen LogP contribution in [0.3, 0.4) is 0 Å². The van der Waals surface area contributed by atoms with Crippen molar-refractivity contribution < 1.29 is 0 Å². The van der Waals surface area contributed by atoms with Crippen molar-refractivity contribution in [2.24, 2.45) is 5.92 Å². The molecule has 0 spiro atoms. The number of imidazole rings is 1. The lowest BCUT2D eigenvalue weighted by molar-refractivity contribution is 0.520. The lowest BCUT2D eigenvalue weighted by Gasteiger charge is -2.12. The minimum atomic E-state index is 0.762. The fourth-order valence-electron chi connectivity index (χ4n) is 3.48. The predicted octanol–water partition coefficient (Wildman–Crippen LogP) is 3.94. The van der Waals surface area contributed by atoms with Gasteiger partial charge in [0.05, 0.1) is 11.0 Å². The monoisotopic (exact) mass is 240 g/mol. The Balaban J connectivity index is 1.95. The van der Waals surface area contributed by atoms with E-state index < -0.39 is 0 Å². The number of benzene rings is 1. The Morgan fingerprint density at radius 2 is 2.00 bits per heavy atom. The molecule has 1 aromatic carbocycles. The number of aromatic nitrogens is 2. The van der Waals surface area contributed by atoms with Crippen molar-refractivity contribution in [3.63, 3.8) is 0 Å². The summed E-state index contributed by atoms with van der Waals surface area (Å²) >= 11 is 0. The molecule has 2 aliphatic rings. The first-order valence-electron chi connectivity index (χ1n) is 7.21. The van der Waals surface area contributed by atoms with Crippen molar-refractivity contribution in [3.05, 3.63) is 29.1 Å². The fourth-order valence-corrected chi connectivity index (χ4v) is 3.48. The molecule has 0 radical (unpaired) electrons. The maximum atomic E-state index is 4.94. The van der Waals surface area contributed by atoms with Gasteiger partial charge in [-0.2, -0.15) is 0 Å². The molecule has 1 fully saturated rings. The average molecular weight is 240 g/mol. The van der Waals surface area contributed by atoms with E-state index in [0.29, 0.717) is 0 Å². The summed E-state index contributed by atoms with van der Waals surface area (Å²) in [7, 11) is 0. The molecule has 0 amide bonds. The molecule has 1 aromatic heterocycles. The molecule has 1 saturated carbocycles. The Hall–Kier alpha value is -1.31. The number of hydrogen-bond acceptors (Lipinski definition) is 1. The summed E-state index contributed by atoms with van der Waals surface area (Å²) in [5.74, 6) is 3.07. The quantitative estimate of drug-likeness (QED) is 0.682. The molecular formula is C16H20N2. The van der Waals surface area contributed by atoms with Crippen molar-refractivity contribution in [1.29, 1.82) is 0 Å². The van der Waals surface area contributed by atoms with Crippen molar-refractivity contribution in [1.82, 2.24) is 9.55 Å². The minimum absolute atomic E-state index is 0.762. The number of fused-ring (bicyclic) bond motifs is 5. The van der Waals surface area contributed by atoms with E-state index in [1.165, 1.54) is 53.7 Å². The Morgan fingerprint density at radius 1 is 1.17 bits per heavy atom. The first-order valence-corrected chi connectivity index (χ1v) is 7.21. The summed E-state index contributed by atoms with van der Waals surface area (Å²) in [6.45, 7) is 5.56. The second-order valence-corrected chi connectivity index (χ2v) is 6.14. The smallest absolute Gasteiger partial charge is 0.113 e. The SMILES string of the molecule is Cc1cc2nc3n(c2cc1C)CCCCC1CC31. The van der Waals surface area contributed by atoms with Crippen molar-refractivity contribution >= 4 is 11.0 Å². The van der Waals surface area contributed by atoms with Crippen LogP contribution in [0.15, 0.2) is 12.1 Å². The lowest BCUT2D eigenvalue weighted by atomic mass is 10.1. The number of rotatable bonds is 0. The van der Waals surface area contributed by atoms with E-state index in [9.17, 15) is 0 Å². The average Bonchev–Trinajstić information content (AvgIpc) is 3.00. The number of nitrogens with zero attached hydrogens (tertiary/aromatic N) is 2. The van der Waals surface area contributed by atoms with Crippen molar-refractivity contribution in [2.75, 3.05) is 0 Å². The molecule has 2 nitrogen and oxygen atoms in total. The molecule has 94 valence electrons. The summed E-state index contributed by atoms with van der Waals surface area (Å²) in [4.78, 5) is 4.94. The molecule has 0 bridgehead atoms. The summed E-state index contributed by atoms with van der Waals surface area (Å²) < 4.78 is 2.51. The standard InChI is InChI=1S/C16H20N2/c1-10-7-14-15(8-11(10)2)18-6-4-3-5-12-9-13(12)16(18)17-14/h7-8,12-13H,3-6,9H2,1-2H3. The second-order valence-electron chi connectivity index (χ2n) is 6.14. The van der Waals surface area contributed by atoms with Gasteiger partial charge >= 0.3 is 0 Å². The summed E-state index contributed by atoms with van der Waals surface area (Å²) in [6.07, 6.45) is 5.51. The summed E-state index contributed by atoms with van der Waals surface area (Å²) in [5, 5.41) is 0. The third-order valence-corrected chi connectivity index (χ3v) is 4.85. The van der Waals surface area contributed by atoms with Gasteiger partial charge in [0.25, 0.3) is 0 Å². The van der Waals surface area contributed by atoms with E-state index in [4.69, 9.17) is 4.98 Å².